The molecule has 0 radical (unpaired) electrons. The van der Waals surface area contributed by atoms with Crippen LogP contribution < -0.4 is 10.1 Å². The fourth-order valence-electron chi connectivity index (χ4n) is 3.70. The highest BCUT2D eigenvalue weighted by atomic mass is 19.4. The quantitative estimate of drug-likeness (QED) is 0.263. The molecule has 1 aromatic carbocycles. The summed E-state index contributed by atoms with van der Waals surface area (Å²) in [5.41, 5.74) is -2.10. The van der Waals surface area contributed by atoms with Crippen LogP contribution in [0.4, 0.5) is 22.4 Å². The predicted molar refractivity (Wildman–Crippen MR) is 128 cm³/mol. The number of aryl methyl sites for hydroxylation is 1. The number of halogens is 4. The van der Waals surface area contributed by atoms with Gasteiger partial charge in [0.2, 0.25) is 0 Å². The van der Waals surface area contributed by atoms with Crippen molar-refractivity contribution < 1.29 is 41.3 Å². The van der Waals surface area contributed by atoms with Crippen molar-refractivity contribution in [3.63, 3.8) is 0 Å². The topological polar surface area (TPSA) is 66.0 Å². The molecule has 0 spiro atoms. The molecular formula is C26H39F4NO5. The zero-order chi connectivity index (χ0) is 27.0. The standard InChI is InChI=1S/C26H39F4NO5/c1-23(2,3)36-22(32)31-25(17-34-24(4,5)35-18-25)13-12-19-10-11-21(20(16-19)26(28,29)30)33-15-9-7-6-8-14-27/h10-11,16H,6-9,12-15,17-18H2,1-5H3,(H,31,32). The van der Waals surface area contributed by atoms with E-state index >= 15 is 0 Å². The summed E-state index contributed by atoms with van der Waals surface area (Å²) in [5, 5.41) is 2.82. The van der Waals surface area contributed by atoms with Crippen LogP contribution in [0, 0.1) is 0 Å². The van der Waals surface area contributed by atoms with E-state index in [0.29, 0.717) is 31.2 Å². The zero-order valence-corrected chi connectivity index (χ0v) is 21.9. The molecular weight excluding hydrogens is 482 g/mol. The smallest absolute Gasteiger partial charge is 0.419 e. The van der Waals surface area contributed by atoms with Gasteiger partial charge in [-0.25, -0.2) is 4.79 Å². The number of rotatable bonds is 11. The number of nitrogens with one attached hydrogen (secondary N) is 1. The molecule has 0 atom stereocenters. The molecule has 10 heteroatoms. The number of carbonyl (C=O) groups excluding carboxylic acids is 1. The second kappa shape index (κ2) is 12.4. The Hall–Kier alpha value is -2.07. The fraction of sp³-hybridized carbons (Fsp3) is 0.731. The van der Waals surface area contributed by atoms with Crippen molar-refractivity contribution in [3.05, 3.63) is 29.3 Å². The molecule has 0 saturated carbocycles. The van der Waals surface area contributed by atoms with Gasteiger partial charge in [0, 0.05) is 0 Å². The Bertz CT molecular complexity index is 842. The number of carbonyl (C=O) groups is 1. The van der Waals surface area contributed by atoms with E-state index in [2.05, 4.69) is 5.32 Å². The Morgan fingerprint density at radius 2 is 1.69 bits per heavy atom. The molecule has 1 aliphatic rings. The van der Waals surface area contributed by atoms with E-state index in [-0.39, 0.29) is 38.4 Å². The second-order valence-electron chi connectivity index (χ2n) is 10.7. The summed E-state index contributed by atoms with van der Waals surface area (Å²) in [6.07, 6.45) is -2.38. The van der Waals surface area contributed by atoms with E-state index in [1.54, 1.807) is 40.7 Å². The molecule has 1 aliphatic heterocycles. The third-order valence-corrected chi connectivity index (χ3v) is 5.69. The van der Waals surface area contributed by atoms with E-state index in [1.807, 2.05) is 0 Å². The average molecular weight is 522 g/mol. The lowest BCUT2D eigenvalue weighted by atomic mass is 9.91. The number of amides is 1. The van der Waals surface area contributed by atoms with Gasteiger partial charge >= 0.3 is 12.3 Å². The first-order valence-corrected chi connectivity index (χ1v) is 12.3. The molecule has 36 heavy (non-hydrogen) atoms. The lowest BCUT2D eigenvalue weighted by Gasteiger charge is -2.44. The molecule has 6 nitrogen and oxygen atoms in total. The number of alkyl halides is 4. The lowest BCUT2D eigenvalue weighted by molar-refractivity contribution is -0.271. The number of hydrogen-bond acceptors (Lipinski definition) is 5. The van der Waals surface area contributed by atoms with Crippen LogP contribution in [0.2, 0.25) is 0 Å². The van der Waals surface area contributed by atoms with Gasteiger partial charge in [-0.15, -0.1) is 0 Å². The van der Waals surface area contributed by atoms with Gasteiger partial charge in [-0.1, -0.05) is 12.5 Å². The van der Waals surface area contributed by atoms with Gasteiger partial charge in [0.05, 0.1) is 37.6 Å². The van der Waals surface area contributed by atoms with E-state index in [9.17, 15) is 22.4 Å². The number of alkyl carbamates (subject to hydrolysis) is 1. The minimum absolute atomic E-state index is 0.120. The van der Waals surface area contributed by atoms with Crippen LogP contribution in [0.25, 0.3) is 0 Å². The Balaban J connectivity index is 2.12. The van der Waals surface area contributed by atoms with Crippen molar-refractivity contribution >= 4 is 6.09 Å². The van der Waals surface area contributed by atoms with E-state index in [0.717, 1.165) is 6.07 Å². The molecule has 1 saturated heterocycles. The van der Waals surface area contributed by atoms with Crippen molar-refractivity contribution in [3.8, 4) is 5.75 Å². The van der Waals surface area contributed by atoms with Gasteiger partial charge in [-0.05, 0) is 84.4 Å². The highest BCUT2D eigenvalue weighted by Gasteiger charge is 2.42. The van der Waals surface area contributed by atoms with Crippen LogP contribution >= 0.6 is 0 Å². The number of hydrogen-bond donors (Lipinski definition) is 1. The molecule has 206 valence electrons. The Morgan fingerprint density at radius 3 is 2.28 bits per heavy atom. The maximum Gasteiger partial charge on any atom is 0.419 e. The summed E-state index contributed by atoms with van der Waals surface area (Å²) in [4.78, 5) is 12.5. The molecule has 1 N–H and O–H groups in total. The van der Waals surface area contributed by atoms with Crippen LogP contribution in [0.3, 0.4) is 0 Å². The largest absolute Gasteiger partial charge is 0.493 e. The van der Waals surface area contributed by atoms with Crippen LogP contribution in [0.1, 0.15) is 77.8 Å². The number of unbranched alkanes of at least 4 members (excludes halogenated alkanes) is 3. The number of benzene rings is 1. The fourth-order valence-corrected chi connectivity index (χ4v) is 3.70. The predicted octanol–water partition coefficient (Wildman–Crippen LogP) is 6.59. The van der Waals surface area contributed by atoms with Crippen LogP contribution in [-0.4, -0.2) is 49.5 Å². The van der Waals surface area contributed by atoms with E-state index in [4.69, 9.17) is 18.9 Å². The Morgan fingerprint density at radius 1 is 1.06 bits per heavy atom. The van der Waals surface area contributed by atoms with Crippen molar-refractivity contribution in [2.45, 2.75) is 96.2 Å². The lowest BCUT2D eigenvalue weighted by Crippen LogP contribution is -2.61. The third kappa shape index (κ3) is 10.1. The molecule has 1 heterocycles. The third-order valence-electron chi connectivity index (χ3n) is 5.69. The molecule has 0 aromatic heterocycles. The minimum atomic E-state index is -4.59. The molecule has 0 unspecified atom stereocenters. The summed E-state index contributed by atoms with van der Waals surface area (Å²) < 4.78 is 75.7. The molecule has 0 bridgehead atoms. The normalized spacial score (nSPS) is 17.5. The van der Waals surface area contributed by atoms with Gasteiger partial charge in [-0.3, -0.25) is 4.39 Å². The van der Waals surface area contributed by atoms with Crippen LogP contribution in [-0.2, 0) is 26.8 Å². The summed E-state index contributed by atoms with van der Waals surface area (Å²) in [5.74, 6) is -1.07. The first-order chi connectivity index (χ1) is 16.6. The minimum Gasteiger partial charge on any atom is -0.493 e. The van der Waals surface area contributed by atoms with Crippen LogP contribution in [0.5, 0.6) is 5.75 Å². The molecule has 1 amide bonds. The molecule has 1 aromatic rings. The van der Waals surface area contributed by atoms with Gasteiger partial charge in [0.25, 0.3) is 0 Å². The van der Waals surface area contributed by atoms with Crippen molar-refractivity contribution in [1.29, 1.82) is 0 Å². The molecule has 1 fully saturated rings. The SMILES string of the molecule is CC(C)(C)OC(=O)NC1(CCc2ccc(OCCCCCCF)c(C(F)(F)F)c2)COC(C)(C)OC1. The highest BCUT2D eigenvalue weighted by molar-refractivity contribution is 5.69. The summed E-state index contributed by atoms with van der Waals surface area (Å²) in [6.45, 7) is 8.69. The Labute approximate surface area is 211 Å². The first-order valence-electron chi connectivity index (χ1n) is 12.3. The highest BCUT2D eigenvalue weighted by Crippen LogP contribution is 2.37. The summed E-state index contributed by atoms with van der Waals surface area (Å²) in [6, 6.07) is 3.99. The summed E-state index contributed by atoms with van der Waals surface area (Å²) >= 11 is 0. The van der Waals surface area contributed by atoms with Gasteiger partial charge in [0.15, 0.2) is 5.79 Å². The monoisotopic (exact) mass is 521 g/mol. The van der Waals surface area contributed by atoms with Gasteiger partial charge < -0.3 is 24.3 Å². The molecule has 2 rings (SSSR count). The maximum absolute atomic E-state index is 13.8. The van der Waals surface area contributed by atoms with Crippen LogP contribution in [0.15, 0.2) is 18.2 Å². The zero-order valence-electron chi connectivity index (χ0n) is 21.9. The average Bonchev–Trinajstić information content (AvgIpc) is 2.75. The van der Waals surface area contributed by atoms with E-state index in [1.165, 1.54) is 6.07 Å². The first kappa shape index (κ1) is 30.2. The Kier molecular flexibility index (Phi) is 10.4. The maximum atomic E-state index is 13.8. The van der Waals surface area contributed by atoms with Crippen molar-refractivity contribution in [1.82, 2.24) is 5.32 Å². The summed E-state index contributed by atoms with van der Waals surface area (Å²) in [7, 11) is 0. The van der Waals surface area contributed by atoms with Crippen molar-refractivity contribution in [2.24, 2.45) is 0 Å². The molecule has 0 aliphatic carbocycles. The van der Waals surface area contributed by atoms with Crippen molar-refractivity contribution in [2.75, 3.05) is 26.5 Å². The van der Waals surface area contributed by atoms with Gasteiger partial charge in [-0.2, -0.15) is 13.2 Å². The second-order valence-corrected chi connectivity index (χ2v) is 10.7. The van der Waals surface area contributed by atoms with Gasteiger partial charge in [0.1, 0.15) is 11.4 Å². The van der Waals surface area contributed by atoms with E-state index < -0.39 is 41.4 Å². The number of ether oxygens (including phenoxy) is 4.